The fourth-order valence-electron chi connectivity index (χ4n) is 3.50. The molecule has 0 bridgehead atoms. The second-order valence-corrected chi connectivity index (χ2v) is 6.34. The van der Waals surface area contributed by atoms with Gasteiger partial charge in [0.2, 0.25) is 5.88 Å². The number of hydrogen-bond donors (Lipinski definition) is 1. The summed E-state index contributed by atoms with van der Waals surface area (Å²) in [6, 6.07) is 21.1. The minimum absolute atomic E-state index is 0.520. The SMILES string of the molecule is CCn1c(C(O)(c2ccccc2)c2ccccc2)nc2cnc(OC)cc21. The van der Waals surface area contributed by atoms with Gasteiger partial charge in [-0.3, -0.25) is 0 Å². The van der Waals surface area contributed by atoms with Crippen LogP contribution >= 0.6 is 0 Å². The summed E-state index contributed by atoms with van der Waals surface area (Å²) in [6.07, 6.45) is 1.68. The number of ether oxygens (including phenoxy) is 1. The van der Waals surface area contributed by atoms with Gasteiger partial charge in [-0.05, 0) is 18.1 Å². The van der Waals surface area contributed by atoms with Crippen molar-refractivity contribution >= 4 is 11.0 Å². The van der Waals surface area contributed by atoms with Gasteiger partial charge in [0, 0.05) is 12.6 Å². The third kappa shape index (κ3) is 2.76. The first-order valence-corrected chi connectivity index (χ1v) is 8.92. The van der Waals surface area contributed by atoms with Crippen molar-refractivity contribution < 1.29 is 9.84 Å². The highest BCUT2D eigenvalue weighted by Gasteiger charge is 2.38. The molecule has 27 heavy (non-hydrogen) atoms. The first-order valence-electron chi connectivity index (χ1n) is 8.92. The number of benzene rings is 2. The number of aryl methyl sites for hydroxylation is 1. The molecule has 0 radical (unpaired) electrons. The van der Waals surface area contributed by atoms with Crippen LogP contribution in [-0.4, -0.2) is 26.8 Å². The van der Waals surface area contributed by atoms with Crippen LogP contribution in [0.2, 0.25) is 0 Å². The average Bonchev–Trinajstić information content (AvgIpc) is 3.12. The zero-order valence-electron chi connectivity index (χ0n) is 15.3. The standard InChI is InChI=1S/C22H21N3O2/c1-3-25-19-14-20(27-2)23-15-18(19)24-21(25)22(26,16-10-6-4-7-11-16)17-12-8-5-9-13-17/h4-15,26H,3H2,1-2H3. The zero-order chi connectivity index (χ0) is 18.9. The maximum Gasteiger partial charge on any atom is 0.215 e. The summed E-state index contributed by atoms with van der Waals surface area (Å²) >= 11 is 0. The zero-order valence-corrected chi connectivity index (χ0v) is 15.3. The molecule has 0 fully saturated rings. The fourth-order valence-corrected chi connectivity index (χ4v) is 3.50. The van der Waals surface area contributed by atoms with E-state index in [1.165, 1.54) is 0 Å². The Labute approximate surface area is 157 Å². The predicted molar refractivity (Wildman–Crippen MR) is 105 cm³/mol. The fraction of sp³-hybridized carbons (Fsp3) is 0.182. The van der Waals surface area contributed by atoms with E-state index in [9.17, 15) is 5.11 Å². The molecule has 0 saturated heterocycles. The van der Waals surface area contributed by atoms with Gasteiger partial charge in [-0.2, -0.15) is 0 Å². The Hall–Kier alpha value is -3.18. The average molecular weight is 359 g/mol. The summed E-state index contributed by atoms with van der Waals surface area (Å²) in [5.74, 6) is 1.08. The maximum atomic E-state index is 12.0. The van der Waals surface area contributed by atoms with Gasteiger partial charge in [0.05, 0.1) is 18.8 Å². The molecule has 4 aromatic rings. The van der Waals surface area contributed by atoms with Crippen LogP contribution in [0.25, 0.3) is 11.0 Å². The molecule has 0 spiro atoms. The van der Waals surface area contributed by atoms with Gasteiger partial charge in [-0.25, -0.2) is 9.97 Å². The lowest BCUT2D eigenvalue weighted by molar-refractivity contribution is 0.112. The molecule has 2 heterocycles. The Morgan fingerprint density at radius 2 is 1.59 bits per heavy atom. The first kappa shape index (κ1) is 17.2. The Bertz CT molecular complexity index is 1020. The van der Waals surface area contributed by atoms with Crippen LogP contribution in [0.3, 0.4) is 0 Å². The van der Waals surface area contributed by atoms with Gasteiger partial charge in [0.25, 0.3) is 0 Å². The summed E-state index contributed by atoms with van der Waals surface area (Å²) in [5, 5.41) is 12.0. The Morgan fingerprint density at radius 1 is 1.00 bits per heavy atom. The van der Waals surface area contributed by atoms with Crippen LogP contribution in [0.1, 0.15) is 23.9 Å². The molecule has 1 N–H and O–H groups in total. The molecular weight excluding hydrogens is 338 g/mol. The number of methoxy groups -OCH3 is 1. The molecule has 5 nitrogen and oxygen atoms in total. The number of rotatable bonds is 5. The van der Waals surface area contributed by atoms with Crippen molar-refractivity contribution in [3.63, 3.8) is 0 Å². The Balaban J connectivity index is 2.04. The topological polar surface area (TPSA) is 60.2 Å². The minimum atomic E-state index is -1.38. The van der Waals surface area contributed by atoms with Crippen LogP contribution in [0.5, 0.6) is 5.88 Å². The van der Waals surface area contributed by atoms with Crippen LogP contribution in [0, 0.1) is 0 Å². The van der Waals surface area contributed by atoms with E-state index in [0.717, 1.165) is 22.2 Å². The van der Waals surface area contributed by atoms with Gasteiger partial charge in [0.15, 0.2) is 11.4 Å². The van der Waals surface area contributed by atoms with Crippen LogP contribution < -0.4 is 4.74 Å². The second kappa shape index (κ2) is 6.85. The molecule has 0 unspecified atom stereocenters. The third-order valence-corrected chi connectivity index (χ3v) is 4.84. The van der Waals surface area contributed by atoms with Crippen molar-refractivity contribution in [2.24, 2.45) is 0 Å². The molecule has 0 aliphatic carbocycles. The van der Waals surface area contributed by atoms with Crippen molar-refractivity contribution in [3.05, 3.63) is 89.9 Å². The predicted octanol–water partition coefficient (Wildman–Crippen LogP) is 3.74. The normalized spacial score (nSPS) is 11.7. The van der Waals surface area contributed by atoms with Crippen LogP contribution in [-0.2, 0) is 12.1 Å². The lowest BCUT2D eigenvalue weighted by atomic mass is 9.85. The molecule has 0 aliphatic heterocycles. The smallest absolute Gasteiger partial charge is 0.215 e. The monoisotopic (exact) mass is 359 g/mol. The molecule has 0 saturated carbocycles. The molecule has 5 heteroatoms. The maximum absolute atomic E-state index is 12.0. The first-order chi connectivity index (χ1) is 13.2. The van der Waals surface area contributed by atoms with E-state index in [1.807, 2.05) is 78.2 Å². The molecule has 2 aromatic carbocycles. The van der Waals surface area contributed by atoms with Crippen molar-refractivity contribution in [3.8, 4) is 5.88 Å². The van der Waals surface area contributed by atoms with Crippen molar-refractivity contribution in [2.75, 3.05) is 7.11 Å². The van der Waals surface area contributed by atoms with Crippen LogP contribution in [0.4, 0.5) is 0 Å². The number of nitrogens with zero attached hydrogens (tertiary/aromatic N) is 3. The molecule has 2 aromatic heterocycles. The van der Waals surface area contributed by atoms with Gasteiger partial charge in [-0.1, -0.05) is 60.7 Å². The summed E-state index contributed by atoms with van der Waals surface area (Å²) in [4.78, 5) is 9.04. The van der Waals surface area contributed by atoms with Gasteiger partial charge in [-0.15, -0.1) is 0 Å². The Kier molecular flexibility index (Phi) is 4.38. The van der Waals surface area contributed by atoms with E-state index in [2.05, 4.69) is 4.98 Å². The van der Waals surface area contributed by atoms with E-state index in [1.54, 1.807) is 13.3 Å². The summed E-state index contributed by atoms with van der Waals surface area (Å²) in [7, 11) is 1.59. The highest BCUT2D eigenvalue weighted by molar-refractivity contribution is 5.77. The number of imidazole rings is 1. The summed E-state index contributed by atoms with van der Waals surface area (Å²) in [5.41, 5.74) is 1.75. The Morgan fingerprint density at radius 3 is 2.11 bits per heavy atom. The van der Waals surface area contributed by atoms with E-state index >= 15 is 0 Å². The van der Waals surface area contributed by atoms with E-state index in [-0.39, 0.29) is 0 Å². The van der Waals surface area contributed by atoms with Gasteiger partial charge in [0.1, 0.15) is 5.52 Å². The molecule has 0 aliphatic rings. The van der Waals surface area contributed by atoms with Gasteiger partial charge < -0.3 is 14.4 Å². The molecular formula is C22H21N3O2. The summed E-state index contributed by atoms with van der Waals surface area (Å²) < 4.78 is 7.28. The van der Waals surface area contributed by atoms with E-state index in [0.29, 0.717) is 18.2 Å². The van der Waals surface area contributed by atoms with Gasteiger partial charge >= 0.3 is 0 Å². The van der Waals surface area contributed by atoms with E-state index in [4.69, 9.17) is 9.72 Å². The second-order valence-electron chi connectivity index (χ2n) is 6.34. The lowest BCUT2D eigenvalue weighted by Gasteiger charge is -2.29. The largest absolute Gasteiger partial charge is 0.481 e. The molecule has 0 amide bonds. The number of pyridine rings is 1. The third-order valence-electron chi connectivity index (χ3n) is 4.84. The van der Waals surface area contributed by atoms with Crippen molar-refractivity contribution in [2.45, 2.75) is 19.1 Å². The van der Waals surface area contributed by atoms with Crippen molar-refractivity contribution in [1.82, 2.24) is 14.5 Å². The number of fused-ring (bicyclic) bond motifs is 1. The number of aromatic nitrogens is 3. The minimum Gasteiger partial charge on any atom is -0.481 e. The lowest BCUT2D eigenvalue weighted by Crippen LogP contribution is -2.32. The highest BCUT2D eigenvalue weighted by atomic mass is 16.5. The van der Waals surface area contributed by atoms with Crippen molar-refractivity contribution in [1.29, 1.82) is 0 Å². The quantitative estimate of drug-likeness (QED) is 0.590. The molecule has 136 valence electrons. The highest BCUT2D eigenvalue weighted by Crippen LogP contribution is 2.37. The molecule has 0 atom stereocenters. The number of hydrogen-bond acceptors (Lipinski definition) is 4. The van der Waals surface area contributed by atoms with Crippen LogP contribution in [0.15, 0.2) is 72.9 Å². The number of aliphatic hydroxyl groups is 1. The summed E-state index contributed by atoms with van der Waals surface area (Å²) in [6.45, 7) is 2.69. The molecule has 4 rings (SSSR count). The van der Waals surface area contributed by atoms with E-state index < -0.39 is 5.60 Å².